The van der Waals surface area contributed by atoms with Crippen molar-refractivity contribution in [3.63, 3.8) is 0 Å². The summed E-state index contributed by atoms with van der Waals surface area (Å²) in [5.41, 5.74) is 3.68. The molecule has 154 valence electrons. The van der Waals surface area contributed by atoms with Crippen molar-refractivity contribution in [2.75, 3.05) is 19.7 Å². The molecule has 1 aliphatic carbocycles. The number of benzene rings is 2. The molecule has 1 saturated carbocycles. The first-order chi connectivity index (χ1) is 14.7. The normalized spacial score (nSPS) is 22.8. The second-order valence-corrected chi connectivity index (χ2v) is 8.34. The second-order valence-electron chi connectivity index (χ2n) is 8.34. The first-order valence-electron chi connectivity index (χ1n) is 10.9. The number of nitrogens with zero attached hydrogens (tertiary/aromatic N) is 2. The van der Waals surface area contributed by atoms with Crippen molar-refractivity contribution in [3.05, 3.63) is 60.8 Å². The lowest BCUT2D eigenvalue weighted by Gasteiger charge is -2.18. The van der Waals surface area contributed by atoms with Crippen molar-refractivity contribution in [3.8, 4) is 17.1 Å². The van der Waals surface area contributed by atoms with Gasteiger partial charge in [-0.25, -0.2) is 9.97 Å². The number of ether oxygens (including phenoxy) is 1. The molecule has 2 fully saturated rings. The summed E-state index contributed by atoms with van der Waals surface area (Å²) in [4.78, 5) is 9.75. The summed E-state index contributed by atoms with van der Waals surface area (Å²) in [5.74, 6) is 3.14. The van der Waals surface area contributed by atoms with Gasteiger partial charge in [0, 0.05) is 17.0 Å². The molecule has 5 heteroatoms. The zero-order valence-electron chi connectivity index (χ0n) is 17.4. The van der Waals surface area contributed by atoms with Crippen LogP contribution in [-0.4, -0.2) is 35.7 Å². The van der Waals surface area contributed by atoms with E-state index in [0.29, 0.717) is 18.5 Å². The maximum absolute atomic E-state index is 5.57. The van der Waals surface area contributed by atoms with Gasteiger partial charge in [0.25, 0.3) is 0 Å². The predicted molar refractivity (Wildman–Crippen MR) is 121 cm³/mol. The monoisotopic (exact) mass is 400 g/mol. The number of rotatable bonds is 6. The van der Waals surface area contributed by atoms with Gasteiger partial charge in [-0.1, -0.05) is 24.8 Å². The summed E-state index contributed by atoms with van der Waals surface area (Å²) in [7, 11) is 0. The minimum absolute atomic E-state index is 0.470. The van der Waals surface area contributed by atoms with Gasteiger partial charge in [-0.15, -0.1) is 0 Å². The zero-order valence-corrected chi connectivity index (χ0v) is 17.4. The van der Waals surface area contributed by atoms with E-state index < -0.39 is 0 Å². The highest BCUT2D eigenvalue weighted by atomic mass is 16.5. The number of hydrogen-bond acceptors (Lipinski definition) is 5. The Hall–Kier alpha value is -2.92. The Bertz CT molecular complexity index is 1050. The van der Waals surface area contributed by atoms with Crippen LogP contribution in [0.2, 0.25) is 0 Å². The van der Waals surface area contributed by atoms with E-state index in [0.717, 1.165) is 58.5 Å². The topological polar surface area (TPSA) is 59.1 Å². The van der Waals surface area contributed by atoms with Crippen molar-refractivity contribution < 1.29 is 4.74 Å². The molecule has 3 atom stereocenters. The van der Waals surface area contributed by atoms with Gasteiger partial charge in [-0.05, 0) is 75.0 Å². The molecule has 5 rings (SSSR count). The maximum atomic E-state index is 5.57. The van der Waals surface area contributed by atoms with Crippen molar-refractivity contribution in [1.82, 2.24) is 20.6 Å². The molecule has 1 unspecified atom stereocenters. The molecule has 1 saturated heterocycles. The number of para-hydroxylation sites is 1. The summed E-state index contributed by atoms with van der Waals surface area (Å²) in [6.45, 7) is 9.30. The Morgan fingerprint density at radius 2 is 1.80 bits per heavy atom. The zero-order chi connectivity index (χ0) is 20.5. The van der Waals surface area contributed by atoms with E-state index in [2.05, 4.69) is 23.3 Å². The summed E-state index contributed by atoms with van der Waals surface area (Å²) >= 11 is 0. The third-order valence-corrected chi connectivity index (χ3v) is 6.35. The molecule has 0 spiro atoms. The third kappa shape index (κ3) is 3.65. The Balaban J connectivity index is 1.45. The Kier molecular flexibility index (Phi) is 5.13. The third-order valence-electron chi connectivity index (χ3n) is 6.35. The fraction of sp³-hybridized carbons (Fsp3) is 0.360. The van der Waals surface area contributed by atoms with E-state index in [1.165, 1.54) is 12.8 Å². The molecule has 2 aliphatic rings. The molecule has 1 aromatic heterocycles. The van der Waals surface area contributed by atoms with Crippen LogP contribution in [0, 0.1) is 11.8 Å². The molecule has 2 aromatic carbocycles. The van der Waals surface area contributed by atoms with Crippen LogP contribution in [0.15, 0.2) is 55.1 Å². The molecule has 0 amide bonds. The fourth-order valence-electron chi connectivity index (χ4n) is 4.90. The molecule has 30 heavy (non-hydrogen) atoms. The predicted octanol–water partition coefficient (Wildman–Crippen LogP) is 4.25. The average Bonchev–Trinajstić information content (AvgIpc) is 3.35. The van der Waals surface area contributed by atoms with Gasteiger partial charge in [0.15, 0.2) is 5.82 Å². The Morgan fingerprint density at radius 1 is 1.07 bits per heavy atom. The van der Waals surface area contributed by atoms with Gasteiger partial charge in [-0.2, -0.15) is 0 Å². The molecular formula is C25H28N4O. The number of fused-ring (bicyclic) bond motifs is 2. The molecule has 0 bridgehead atoms. The van der Waals surface area contributed by atoms with Crippen LogP contribution < -0.4 is 15.4 Å². The minimum atomic E-state index is 0.470. The van der Waals surface area contributed by atoms with E-state index in [1.54, 1.807) is 0 Å². The molecule has 5 nitrogen and oxygen atoms in total. The van der Waals surface area contributed by atoms with E-state index >= 15 is 0 Å². The number of hydrogen-bond donors (Lipinski definition) is 2. The van der Waals surface area contributed by atoms with Crippen molar-refractivity contribution in [1.29, 1.82) is 0 Å². The van der Waals surface area contributed by atoms with Gasteiger partial charge in [0.2, 0.25) is 0 Å². The average molecular weight is 401 g/mol. The Morgan fingerprint density at radius 3 is 2.53 bits per heavy atom. The highest BCUT2D eigenvalue weighted by molar-refractivity contribution is 5.90. The van der Waals surface area contributed by atoms with Crippen LogP contribution in [-0.2, 0) is 0 Å². The summed E-state index contributed by atoms with van der Waals surface area (Å²) in [6, 6.07) is 16.6. The molecular weight excluding hydrogens is 372 g/mol. The molecule has 2 N–H and O–H groups in total. The van der Waals surface area contributed by atoms with Gasteiger partial charge < -0.3 is 15.4 Å². The van der Waals surface area contributed by atoms with Crippen LogP contribution in [0.3, 0.4) is 0 Å². The number of aromatic nitrogens is 2. The van der Waals surface area contributed by atoms with Crippen LogP contribution in [0.25, 0.3) is 28.0 Å². The van der Waals surface area contributed by atoms with E-state index in [-0.39, 0.29) is 0 Å². The standard InChI is InChI=1S/C25H28N4O/c1-3-30-21-10-8-17(9-11-21)25-28-23-7-5-4-6-22(23)24(29-25)16(2)27-20-12-18-14-26-15-19(18)13-20/h4-11,18-20,26-27H,2-3,12-15H2,1H3/t18-,19+,20?. The first kappa shape index (κ1) is 19.1. The van der Waals surface area contributed by atoms with E-state index in [4.69, 9.17) is 14.7 Å². The van der Waals surface area contributed by atoms with Crippen LogP contribution in [0.4, 0.5) is 0 Å². The lowest BCUT2D eigenvalue weighted by molar-refractivity contribution is 0.340. The summed E-state index contributed by atoms with van der Waals surface area (Å²) < 4.78 is 5.57. The quantitative estimate of drug-likeness (QED) is 0.648. The van der Waals surface area contributed by atoms with Crippen molar-refractivity contribution in [2.45, 2.75) is 25.8 Å². The highest BCUT2D eigenvalue weighted by Gasteiger charge is 2.37. The molecule has 3 aromatic rings. The fourth-order valence-corrected chi connectivity index (χ4v) is 4.90. The van der Waals surface area contributed by atoms with Crippen LogP contribution in [0.1, 0.15) is 25.5 Å². The number of nitrogens with one attached hydrogen (secondary N) is 2. The van der Waals surface area contributed by atoms with Crippen LogP contribution >= 0.6 is 0 Å². The smallest absolute Gasteiger partial charge is 0.160 e. The molecule has 1 aliphatic heterocycles. The van der Waals surface area contributed by atoms with Crippen molar-refractivity contribution >= 4 is 16.6 Å². The van der Waals surface area contributed by atoms with Gasteiger partial charge >= 0.3 is 0 Å². The van der Waals surface area contributed by atoms with E-state index in [1.807, 2.05) is 49.4 Å². The highest BCUT2D eigenvalue weighted by Crippen LogP contribution is 2.35. The lowest BCUT2D eigenvalue weighted by Crippen LogP contribution is -2.27. The first-order valence-corrected chi connectivity index (χ1v) is 10.9. The summed E-state index contributed by atoms with van der Waals surface area (Å²) in [6.07, 6.45) is 2.40. The molecule has 0 radical (unpaired) electrons. The SMILES string of the molecule is C=C(NC1C[C@H]2CNC[C@H]2C1)c1nc(-c2ccc(OCC)cc2)nc2ccccc12. The lowest BCUT2D eigenvalue weighted by atomic mass is 10.0. The minimum Gasteiger partial charge on any atom is -0.494 e. The van der Waals surface area contributed by atoms with Gasteiger partial charge in [-0.3, -0.25) is 0 Å². The summed E-state index contributed by atoms with van der Waals surface area (Å²) in [5, 5.41) is 8.23. The largest absolute Gasteiger partial charge is 0.494 e. The van der Waals surface area contributed by atoms with Crippen LogP contribution in [0.5, 0.6) is 5.75 Å². The van der Waals surface area contributed by atoms with E-state index in [9.17, 15) is 0 Å². The van der Waals surface area contributed by atoms with Gasteiger partial charge in [0.1, 0.15) is 5.75 Å². The Labute approximate surface area is 177 Å². The second kappa shape index (κ2) is 8.07. The van der Waals surface area contributed by atoms with Crippen molar-refractivity contribution in [2.24, 2.45) is 11.8 Å². The maximum Gasteiger partial charge on any atom is 0.160 e. The molecule has 2 heterocycles. The van der Waals surface area contributed by atoms with Gasteiger partial charge in [0.05, 0.1) is 23.5 Å².